The van der Waals surface area contributed by atoms with Crippen LogP contribution < -0.4 is 10.2 Å². The molecule has 0 spiro atoms. The van der Waals surface area contributed by atoms with Crippen LogP contribution in [0.3, 0.4) is 0 Å². The number of benzene rings is 1. The number of nitrogens with one attached hydrogen (secondary N) is 1. The van der Waals surface area contributed by atoms with Crippen molar-refractivity contribution in [2.75, 3.05) is 18.0 Å². The van der Waals surface area contributed by atoms with Crippen molar-refractivity contribution < 1.29 is 0 Å². The van der Waals surface area contributed by atoms with Crippen LogP contribution in [0.15, 0.2) is 24.3 Å². The Labute approximate surface area is 112 Å². The molecule has 1 fully saturated rings. The summed E-state index contributed by atoms with van der Waals surface area (Å²) in [5.41, 5.74) is 2.80. The highest BCUT2D eigenvalue weighted by atomic mass is 15.2. The summed E-state index contributed by atoms with van der Waals surface area (Å²) >= 11 is 0. The Morgan fingerprint density at radius 3 is 2.33 bits per heavy atom. The van der Waals surface area contributed by atoms with Crippen molar-refractivity contribution in [3.8, 4) is 0 Å². The molecule has 0 amide bonds. The summed E-state index contributed by atoms with van der Waals surface area (Å²) < 4.78 is 0. The van der Waals surface area contributed by atoms with Gasteiger partial charge in [0.05, 0.1) is 0 Å². The van der Waals surface area contributed by atoms with Gasteiger partial charge in [-0.2, -0.15) is 0 Å². The molecule has 1 aromatic rings. The number of anilines is 1. The second-order valence-corrected chi connectivity index (χ2v) is 4.90. The third-order valence-corrected chi connectivity index (χ3v) is 3.24. The minimum absolute atomic E-state index is 0.578. The SMILES string of the molecule is CC.CCc1cccc(N2CC(C)NC(C)C2)c1. The molecule has 2 rings (SSSR count). The van der Waals surface area contributed by atoms with Gasteiger partial charge in [-0.3, -0.25) is 0 Å². The molecule has 1 aliphatic rings. The molecule has 0 saturated carbocycles. The van der Waals surface area contributed by atoms with Gasteiger partial charge in [-0.25, -0.2) is 0 Å². The van der Waals surface area contributed by atoms with Crippen molar-refractivity contribution in [2.24, 2.45) is 0 Å². The fraction of sp³-hybridized carbons (Fsp3) is 0.625. The van der Waals surface area contributed by atoms with E-state index in [2.05, 4.69) is 55.3 Å². The second kappa shape index (κ2) is 7.42. The lowest BCUT2D eigenvalue weighted by Gasteiger charge is -2.37. The van der Waals surface area contributed by atoms with Gasteiger partial charge in [0.2, 0.25) is 0 Å². The maximum atomic E-state index is 3.57. The van der Waals surface area contributed by atoms with Crippen LogP contribution in [0.25, 0.3) is 0 Å². The van der Waals surface area contributed by atoms with Crippen LogP contribution in [0.5, 0.6) is 0 Å². The first kappa shape index (κ1) is 15.0. The maximum absolute atomic E-state index is 3.57. The Hall–Kier alpha value is -1.02. The van der Waals surface area contributed by atoms with Gasteiger partial charge in [0.15, 0.2) is 0 Å². The van der Waals surface area contributed by atoms with E-state index >= 15 is 0 Å². The number of nitrogens with zero attached hydrogens (tertiary/aromatic N) is 1. The number of hydrogen-bond donors (Lipinski definition) is 1. The summed E-state index contributed by atoms with van der Waals surface area (Å²) in [6.45, 7) is 12.9. The Morgan fingerprint density at radius 1 is 1.17 bits per heavy atom. The van der Waals surface area contributed by atoms with Gasteiger partial charge >= 0.3 is 0 Å². The van der Waals surface area contributed by atoms with E-state index in [-0.39, 0.29) is 0 Å². The summed E-state index contributed by atoms with van der Waals surface area (Å²) in [5, 5.41) is 3.57. The first-order chi connectivity index (χ1) is 8.69. The van der Waals surface area contributed by atoms with Crippen molar-refractivity contribution in [1.29, 1.82) is 0 Å². The van der Waals surface area contributed by atoms with Crippen molar-refractivity contribution in [1.82, 2.24) is 5.32 Å². The molecule has 2 nitrogen and oxygen atoms in total. The Bertz CT molecular complexity index is 339. The van der Waals surface area contributed by atoms with E-state index in [1.807, 2.05) is 13.8 Å². The zero-order chi connectivity index (χ0) is 13.5. The van der Waals surface area contributed by atoms with Crippen LogP contribution in [-0.4, -0.2) is 25.2 Å². The van der Waals surface area contributed by atoms with Gasteiger partial charge in [-0.1, -0.05) is 32.9 Å². The molecule has 1 saturated heterocycles. The average Bonchev–Trinajstić information content (AvgIpc) is 2.40. The fourth-order valence-corrected chi connectivity index (χ4v) is 2.51. The predicted molar refractivity (Wildman–Crippen MR) is 81.4 cm³/mol. The summed E-state index contributed by atoms with van der Waals surface area (Å²) in [7, 11) is 0. The third kappa shape index (κ3) is 4.02. The summed E-state index contributed by atoms with van der Waals surface area (Å²) in [4.78, 5) is 2.49. The molecule has 1 aromatic carbocycles. The van der Waals surface area contributed by atoms with Crippen LogP contribution in [0.4, 0.5) is 5.69 Å². The van der Waals surface area contributed by atoms with Crippen LogP contribution in [0, 0.1) is 0 Å². The molecule has 1 N–H and O–H groups in total. The quantitative estimate of drug-likeness (QED) is 0.862. The normalized spacial score (nSPS) is 23.3. The van der Waals surface area contributed by atoms with Crippen LogP contribution in [-0.2, 0) is 6.42 Å². The van der Waals surface area contributed by atoms with Crippen molar-refractivity contribution in [3.05, 3.63) is 29.8 Å². The maximum Gasteiger partial charge on any atom is 0.0370 e. The van der Waals surface area contributed by atoms with Gasteiger partial charge in [-0.15, -0.1) is 0 Å². The minimum atomic E-state index is 0.578. The van der Waals surface area contributed by atoms with Crippen molar-refractivity contribution in [3.63, 3.8) is 0 Å². The monoisotopic (exact) mass is 248 g/mol. The standard InChI is InChI=1S/C14H22N2.C2H6/c1-4-13-6-5-7-14(8-13)16-9-11(2)15-12(3)10-16;1-2/h5-8,11-12,15H,4,9-10H2,1-3H3;1-2H3. The number of aryl methyl sites for hydroxylation is 1. The van der Waals surface area contributed by atoms with E-state index < -0.39 is 0 Å². The molecule has 18 heavy (non-hydrogen) atoms. The Morgan fingerprint density at radius 2 is 1.78 bits per heavy atom. The van der Waals surface area contributed by atoms with E-state index in [9.17, 15) is 0 Å². The van der Waals surface area contributed by atoms with Crippen molar-refractivity contribution in [2.45, 2.75) is 53.1 Å². The lowest BCUT2D eigenvalue weighted by molar-refractivity contribution is 0.407. The summed E-state index contributed by atoms with van der Waals surface area (Å²) in [6, 6.07) is 10.1. The summed E-state index contributed by atoms with van der Waals surface area (Å²) in [6.07, 6.45) is 1.12. The third-order valence-electron chi connectivity index (χ3n) is 3.24. The molecule has 2 heteroatoms. The zero-order valence-corrected chi connectivity index (χ0v) is 12.5. The molecular formula is C16H28N2. The first-order valence-electron chi connectivity index (χ1n) is 7.29. The van der Waals surface area contributed by atoms with E-state index in [1.54, 1.807) is 0 Å². The van der Waals surface area contributed by atoms with Crippen LogP contribution >= 0.6 is 0 Å². The van der Waals surface area contributed by atoms with Crippen molar-refractivity contribution >= 4 is 5.69 Å². The predicted octanol–water partition coefficient (Wildman–Crippen LogP) is 3.46. The topological polar surface area (TPSA) is 15.3 Å². The van der Waals surface area contributed by atoms with Gasteiger partial charge in [-0.05, 0) is 38.0 Å². The highest BCUT2D eigenvalue weighted by Gasteiger charge is 2.20. The molecule has 0 radical (unpaired) electrons. The Balaban J connectivity index is 0.000000771. The molecule has 2 unspecified atom stereocenters. The number of piperazine rings is 1. The molecule has 102 valence electrons. The van der Waals surface area contributed by atoms with Gasteiger partial charge < -0.3 is 10.2 Å². The van der Waals surface area contributed by atoms with E-state index in [0.29, 0.717) is 12.1 Å². The lowest BCUT2D eigenvalue weighted by Crippen LogP contribution is -2.54. The van der Waals surface area contributed by atoms with E-state index in [4.69, 9.17) is 0 Å². The Kier molecular flexibility index (Phi) is 6.20. The number of hydrogen-bond acceptors (Lipinski definition) is 2. The number of rotatable bonds is 2. The molecule has 2 atom stereocenters. The molecule has 1 aliphatic heterocycles. The lowest BCUT2D eigenvalue weighted by atomic mass is 10.1. The molecule has 0 bridgehead atoms. The minimum Gasteiger partial charge on any atom is -0.368 e. The largest absolute Gasteiger partial charge is 0.368 e. The second-order valence-electron chi connectivity index (χ2n) is 4.90. The van der Waals surface area contributed by atoms with Crippen LogP contribution in [0.1, 0.15) is 40.2 Å². The van der Waals surface area contributed by atoms with E-state index in [0.717, 1.165) is 19.5 Å². The zero-order valence-electron chi connectivity index (χ0n) is 12.5. The van der Waals surface area contributed by atoms with Gasteiger partial charge in [0.1, 0.15) is 0 Å². The van der Waals surface area contributed by atoms with Crippen LogP contribution in [0.2, 0.25) is 0 Å². The molecule has 1 heterocycles. The summed E-state index contributed by atoms with van der Waals surface area (Å²) in [5.74, 6) is 0. The van der Waals surface area contributed by atoms with E-state index in [1.165, 1.54) is 11.3 Å². The fourth-order valence-electron chi connectivity index (χ4n) is 2.51. The van der Waals surface area contributed by atoms with Gasteiger partial charge in [0.25, 0.3) is 0 Å². The van der Waals surface area contributed by atoms with Gasteiger partial charge in [0, 0.05) is 30.9 Å². The average molecular weight is 248 g/mol. The molecular weight excluding hydrogens is 220 g/mol. The smallest absolute Gasteiger partial charge is 0.0370 e. The first-order valence-corrected chi connectivity index (χ1v) is 7.29. The highest BCUT2D eigenvalue weighted by molar-refractivity contribution is 5.49. The molecule has 0 aliphatic carbocycles. The molecule has 0 aromatic heterocycles. The highest BCUT2D eigenvalue weighted by Crippen LogP contribution is 2.19.